The van der Waals surface area contributed by atoms with Crippen molar-refractivity contribution in [1.29, 1.82) is 0 Å². The van der Waals surface area contributed by atoms with Gasteiger partial charge in [0.05, 0.1) is 24.5 Å². The van der Waals surface area contributed by atoms with E-state index in [0.29, 0.717) is 11.7 Å². The van der Waals surface area contributed by atoms with Crippen molar-refractivity contribution in [3.05, 3.63) is 47.4 Å². The van der Waals surface area contributed by atoms with Crippen molar-refractivity contribution in [1.82, 2.24) is 9.97 Å². The molecule has 2 aromatic rings. The predicted octanol–water partition coefficient (Wildman–Crippen LogP) is 2.73. The number of rotatable bonds is 6. The van der Waals surface area contributed by atoms with Gasteiger partial charge >= 0.3 is 0 Å². The molecular weight excluding hydrogens is 288 g/mol. The molecule has 5 nitrogen and oxygen atoms in total. The largest absolute Gasteiger partial charge is 0.395 e. The molecule has 0 saturated carbocycles. The molecule has 1 unspecified atom stereocenters. The minimum Gasteiger partial charge on any atom is -0.395 e. The summed E-state index contributed by atoms with van der Waals surface area (Å²) in [4.78, 5) is 10.4. The van der Waals surface area contributed by atoms with Crippen molar-refractivity contribution in [2.75, 3.05) is 30.4 Å². The molecule has 0 radical (unpaired) electrons. The fraction of sp³-hybridized carbons (Fsp3) is 0.333. The van der Waals surface area contributed by atoms with E-state index < -0.39 is 0 Å². The number of pyridine rings is 2. The van der Waals surface area contributed by atoms with E-state index in [-0.39, 0.29) is 12.6 Å². The van der Waals surface area contributed by atoms with Crippen molar-refractivity contribution in [2.24, 2.45) is 0 Å². The lowest BCUT2D eigenvalue weighted by Crippen LogP contribution is -2.21. The zero-order valence-electron chi connectivity index (χ0n) is 12.1. The second-order valence-corrected chi connectivity index (χ2v) is 5.15. The molecule has 0 bridgehead atoms. The Labute approximate surface area is 129 Å². The minimum absolute atomic E-state index is 0.0136. The number of halogens is 1. The van der Waals surface area contributed by atoms with Gasteiger partial charge in [-0.2, -0.15) is 0 Å². The van der Waals surface area contributed by atoms with Crippen LogP contribution < -0.4 is 10.2 Å². The number of aromatic nitrogens is 2. The third-order valence-electron chi connectivity index (χ3n) is 3.24. The number of hydrogen-bond acceptors (Lipinski definition) is 5. The number of likely N-dealkylation sites (N-methyl/N-ethyl adjacent to an activating group) is 1. The quantitative estimate of drug-likeness (QED) is 0.804. The van der Waals surface area contributed by atoms with Gasteiger partial charge < -0.3 is 15.3 Å². The summed E-state index contributed by atoms with van der Waals surface area (Å²) in [7, 11) is 1.92. The van der Waals surface area contributed by atoms with Crippen molar-refractivity contribution in [3.63, 3.8) is 0 Å². The molecule has 2 aromatic heterocycles. The van der Waals surface area contributed by atoms with Gasteiger partial charge in [0.1, 0.15) is 11.0 Å². The Morgan fingerprint density at radius 1 is 1.33 bits per heavy atom. The maximum atomic E-state index is 8.93. The topological polar surface area (TPSA) is 61.3 Å². The molecule has 0 saturated heterocycles. The summed E-state index contributed by atoms with van der Waals surface area (Å²) in [6, 6.07) is 7.68. The Kier molecular flexibility index (Phi) is 5.36. The van der Waals surface area contributed by atoms with Gasteiger partial charge in [0, 0.05) is 25.4 Å². The number of anilines is 2. The Morgan fingerprint density at radius 3 is 2.76 bits per heavy atom. The van der Waals surface area contributed by atoms with Crippen LogP contribution in [0.2, 0.25) is 5.15 Å². The van der Waals surface area contributed by atoms with Crippen LogP contribution in [0.4, 0.5) is 11.5 Å². The Balaban J connectivity index is 2.05. The fourth-order valence-corrected chi connectivity index (χ4v) is 2.28. The smallest absolute Gasteiger partial charge is 0.134 e. The summed E-state index contributed by atoms with van der Waals surface area (Å²) in [6.45, 7) is 2.71. The average Bonchev–Trinajstić information content (AvgIpc) is 2.48. The standard InChI is InChI=1S/C15H19ClN4O/c1-11(13-4-3-7-17-15(13)16)19-14-6-5-12(10-18-14)20(2)8-9-21/h3-7,10-11,21H,8-9H2,1-2H3,(H,18,19). The van der Waals surface area contributed by atoms with Crippen molar-refractivity contribution >= 4 is 23.1 Å². The maximum Gasteiger partial charge on any atom is 0.134 e. The van der Waals surface area contributed by atoms with E-state index in [1.54, 1.807) is 12.4 Å². The monoisotopic (exact) mass is 306 g/mol. The maximum absolute atomic E-state index is 8.93. The molecule has 1 atom stereocenters. The van der Waals surface area contributed by atoms with Crippen LogP contribution in [-0.2, 0) is 0 Å². The van der Waals surface area contributed by atoms with Crippen LogP contribution in [0.5, 0.6) is 0 Å². The summed E-state index contributed by atoms with van der Waals surface area (Å²) < 4.78 is 0. The lowest BCUT2D eigenvalue weighted by atomic mass is 10.1. The zero-order chi connectivity index (χ0) is 15.2. The Morgan fingerprint density at radius 2 is 2.14 bits per heavy atom. The third kappa shape index (κ3) is 4.06. The number of aliphatic hydroxyl groups is 1. The van der Waals surface area contributed by atoms with E-state index in [9.17, 15) is 0 Å². The van der Waals surface area contributed by atoms with Crippen LogP contribution in [0, 0.1) is 0 Å². The molecule has 0 aliphatic rings. The van der Waals surface area contributed by atoms with Crippen molar-refractivity contribution in [3.8, 4) is 0 Å². The highest BCUT2D eigenvalue weighted by Crippen LogP contribution is 2.23. The van der Waals surface area contributed by atoms with Crippen LogP contribution in [-0.4, -0.2) is 35.3 Å². The molecular formula is C15H19ClN4O. The first-order valence-electron chi connectivity index (χ1n) is 6.77. The SMILES string of the molecule is CC(Nc1ccc(N(C)CCO)cn1)c1cccnc1Cl. The van der Waals surface area contributed by atoms with Crippen LogP contribution in [0.3, 0.4) is 0 Å². The van der Waals surface area contributed by atoms with Crippen LogP contribution in [0.15, 0.2) is 36.7 Å². The van der Waals surface area contributed by atoms with E-state index in [1.165, 1.54) is 0 Å². The molecule has 2 heterocycles. The van der Waals surface area contributed by atoms with Crippen LogP contribution in [0.1, 0.15) is 18.5 Å². The average molecular weight is 307 g/mol. The van der Waals surface area contributed by atoms with Gasteiger partial charge in [0.25, 0.3) is 0 Å². The number of hydrogen-bond donors (Lipinski definition) is 2. The zero-order valence-corrected chi connectivity index (χ0v) is 12.9. The van der Waals surface area contributed by atoms with Crippen LogP contribution in [0.25, 0.3) is 0 Å². The van der Waals surface area contributed by atoms with E-state index in [2.05, 4.69) is 15.3 Å². The summed E-state index contributed by atoms with van der Waals surface area (Å²) in [5.74, 6) is 0.767. The molecule has 0 fully saturated rings. The predicted molar refractivity (Wildman–Crippen MR) is 85.9 cm³/mol. The number of aliphatic hydroxyl groups excluding tert-OH is 1. The second kappa shape index (κ2) is 7.24. The lowest BCUT2D eigenvalue weighted by Gasteiger charge is -2.19. The summed E-state index contributed by atoms with van der Waals surface area (Å²) in [5.41, 5.74) is 1.89. The summed E-state index contributed by atoms with van der Waals surface area (Å²) in [6.07, 6.45) is 3.44. The molecule has 0 amide bonds. The normalized spacial score (nSPS) is 12.0. The van der Waals surface area contributed by atoms with Gasteiger partial charge in [-0.3, -0.25) is 0 Å². The highest BCUT2D eigenvalue weighted by Gasteiger charge is 2.10. The highest BCUT2D eigenvalue weighted by molar-refractivity contribution is 6.30. The molecule has 2 N–H and O–H groups in total. The molecule has 21 heavy (non-hydrogen) atoms. The van der Waals surface area contributed by atoms with Gasteiger partial charge in [0.15, 0.2) is 0 Å². The first kappa shape index (κ1) is 15.5. The van der Waals surface area contributed by atoms with E-state index in [4.69, 9.17) is 16.7 Å². The van der Waals surface area contributed by atoms with Gasteiger partial charge in [-0.25, -0.2) is 9.97 Å². The highest BCUT2D eigenvalue weighted by atomic mass is 35.5. The first-order valence-corrected chi connectivity index (χ1v) is 7.14. The van der Waals surface area contributed by atoms with E-state index in [1.807, 2.05) is 43.1 Å². The minimum atomic E-state index is 0.0136. The molecule has 6 heteroatoms. The lowest BCUT2D eigenvalue weighted by molar-refractivity contribution is 0.304. The van der Waals surface area contributed by atoms with E-state index >= 15 is 0 Å². The summed E-state index contributed by atoms with van der Waals surface area (Å²) >= 11 is 6.09. The van der Waals surface area contributed by atoms with Gasteiger partial charge in [-0.05, 0) is 25.1 Å². The van der Waals surface area contributed by atoms with Gasteiger partial charge in [-0.1, -0.05) is 17.7 Å². The molecule has 2 rings (SSSR count). The third-order valence-corrected chi connectivity index (χ3v) is 3.56. The van der Waals surface area contributed by atoms with Crippen molar-refractivity contribution < 1.29 is 5.11 Å². The second-order valence-electron chi connectivity index (χ2n) is 4.80. The number of nitrogens with one attached hydrogen (secondary N) is 1. The van der Waals surface area contributed by atoms with Gasteiger partial charge in [-0.15, -0.1) is 0 Å². The van der Waals surface area contributed by atoms with Gasteiger partial charge in [0.2, 0.25) is 0 Å². The first-order chi connectivity index (χ1) is 10.1. The number of nitrogens with zero attached hydrogens (tertiary/aromatic N) is 3. The molecule has 0 aliphatic heterocycles. The summed E-state index contributed by atoms with van der Waals surface area (Å²) in [5, 5.41) is 12.7. The molecule has 0 aromatic carbocycles. The molecule has 0 spiro atoms. The fourth-order valence-electron chi connectivity index (χ4n) is 2.00. The molecule has 0 aliphatic carbocycles. The van der Waals surface area contributed by atoms with E-state index in [0.717, 1.165) is 17.1 Å². The Bertz CT molecular complexity index is 576. The van der Waals surface area contributed by atoms with Crippen LogP contribution >= 0.6 is 11.6 Å². The Hall–Kier alpha value is -1.85. The van der Waals surface area contributed by atoms with Crippen molar-refractivity contribution in [2.45, 2.75) is 13.0 Å². The molecule has 112 valence electrons.